The number of hydrogen-bond acceptors (Lipinski definition) is 2. The van der Waals surface area contributed by atoms with Crippen molar-refractivity contribution in [1.29, 1.82) is 0 Å². The minimum Gasteiger partial charge on any atom is -0.373 e. The number of benzene rings is 1. The second-order valence-electron chi connectivity index (χ2n) is 5.43. The van der Waals surface area contributed by atoms with Gasteiger partial charge in [-0.05, 0) is 62.4 Å². The molecule has 0 radical (unpaired) electrons. The first-order chi connectivity index (χ1) is 9.08. The van der Waals surface area contributed by atoms with Crippen molar-refractivity contribution in [3.63, 3.8) is 0 Å². The molecule has 1 aliphatic rings. The van der Waals surface area contributed by atoms with Gasteiger partial charge in [0.05, 0.1) is 6.10 Å². The summed E-state index contributed by atoms with van der Waals surface area (Å²) < 4.78 is 8.21. The lowest BCUT2D eigenvalue weighted by Gasteiger charge is -2.33. The fraction of sp³-hybridized carbons (Fsp3) is 0.600. The van der Waals surface area contributed by atoms with Gasteiger partial charge in [0.25, 0.3) is 0 Å². The highest BCUT2D eigenvalue weighted by Gasteiger charge is 2.27. The summed E-state index contributed by atoms with van der Waals surface area (Å²) in [5.74, 6) is 0.559. The van der Waals surface area contributed by atoms with Crippen LogP contribution in [0.15, 0.2) is 27.1 Å². The Hall–Kier alpha value is 0.1000. The van der Waals surface area contributed by atoms with Gasteiger partial charge in [0.2, 0.25) is 0 Å². The van der Waals surface area contributed by atoms with Gasteiger partial charge in [-0.3, -0.25) is 0 Å². The van der Waals surface area contributed by atoms with E-state index in [1.807, 2.05) is 0 Å². The van der Waals surface area contributed by atoms with Gasteiger partial charge in [-0.2, -0.15) is 0 Å². The zero-order valence-corrected chi connectivity index (χ0v) is 14.6. The summed E-state index contributed by atoms with van der Waals surface area (Å²) >= 11 is 7.10. The third kappa shape index (κ3) is 4.28. The molecule has 2 unspecified atom stereocenters. The molecule has 2 atom stereocenters. The largest absolute Gasteiger partial charge is 0.373 e. The first-order valence-corrected chi connectivity index (χ1v) is 8.46. The molecule has 0 amide bonds. The molecule has 1 saturated heterocycles. The van der Waals surface area contributed by atoms with Crippen LogP contribution in [0.25, 0.3) is 0 Å². The SMILES string of the molecule is CC(C)NCC1CCCOC1c1ccc(Br)c(Br)c1. The summed E-state index contributed by atoms with van der Waals surface area (Å²) in [4.78, 5) is 0. The topological polar surface area (TPSA) is 21.3 Å². The van der Waals surface area contributed by atoms with Crippen molar-refractivity contribution in [2.45, 2.75) is 38.8 Å². The van der Waals surface area contributed by atoms with Gasteiger partial charge >= 0.3 is 0 Å². The van der Waals surface area contributed by atoms with Gasteiger partial charge in [-0.25, -0.2) is 0 Å². The molecular formula is C15H21Br2NO. The lowest BCUT2D eigenvalue weighted by molar-refractivity contribution is -0.0282. The summed E-state index contributed by atoms with van der Waals surface area (Å²) in [5.41, 5.74) is 1.27. The minimum atomic E-state index is 0.212. The van der Waals surface area contributed by atoms with Crippen molar-refractivity contribution in [3.05, 3.63) is 32.7 Å². The third-order valence-corrected chi connectivity index (χ3v) is 5.38. The molecular weight excluding hydrogens is 370 g/mol. The maximum Gasteiger partial charge on any atom is 0.0865 e. The predicted octanol–water partition coefficient (Wildman–Crippen LogP) is 4.68. The highest BCUT2D eigenvalue weighted by Crippen LogP contribution is 2.36. The molecule has 1 aromatic carbocycles. The van der Waals surface area contributed by atoms with Crippen LogP contribution >= 0.6 is 31.9 Å². The van der Waals surface area contributed by atoms with Crippen LogP contribution in [-0.4, -0.2) is 19.2 Å². The number of ether oxygens (including phenoxy) is 1. The molecule has 19 heavy (non-hydrogen) atoms. The molecule has 1 aromatic rings. The van der Waals surface area contributed by atoms with Crippen molar-refractivity contribution in [3.8, 4) is 0 Å². The minimum absolute atomic E-state index is 0.212. The number of halogens is 2. The van der Waals surface area contributed by atoms with Crippen LogP contribution < -0.4 is 5.32 Å². The highest BCUT2D eigenvalue weighted by atomic mass is 79.9. The summed E-state index contributed by atoms with van der Waals surface area (Å²) in [5, 5.41) is 3.54. The van der Waals surface area contributed by atoms with Crippen LogP contribution in [0.2, 0.25) is 0 Å². The fourth-order valence-corrected chi connectivity index (χ4v) is 3.14. The molecule has 1 fully saturated rings. The second-order valence-corrected chi connectivity index (χ2v) is 7.14. The van der Waals surface area contributed by atoms with E-state index in [1.54, 1.807) is 0 Å². The number of rotatable bonds is 4. The Balaban J connectivity index is 2.11. The van der Waals surface area contributed by atoms with E-state index >= 15 is 0 Å². The molecule has 0 bridgehead atoms. The van der Waals surface area contributed by atoms with Crippen molar-refractivity contribution in [1.82, 2.24) is 5.32 Å². The molecule has 106 valence electrons. The van der Waals surface area contributed by atoms with Crippen LogP contribution in [0.1, 0.15) is 38.4 Å². The monoisotopic (exact) mass is 389 g/mol. The van der Waals surface area contributed by atoms with Gasteiger partial charge in [0, 0.05) is 34.1 Å². The van der Waals surface area contributed by atoms with E-state index < -0.39 is 0 Å². The van der Waals surface area contributed by atoms with E-state index in [0.29, 0.717) is 12.0 Å². The first-order valence-electron chi connectivity index (χ1n) is 6.88. The van der Waals surface area contributed by atoms with E-state index in [0.717, 1.165) is 22.1 Å². The quantitative estimate of drug-likeness (QED) is 0.805. The highest BCUT2D eigenvalue weighted by molar-refractivity contribution is 9.13. The van der Waals surface area contributed by atoms with Gasteiger partial charge in [-0.1, -0.05) is 19.9 Å². The standard InChI is InChI=1S/C15H21Br2NO/c1-10(2)18-9-12-4-3-7-19-15(12)11-5-6-13(16)14(17)8-11/h5-6,8,10,12,15,18H,3-4,7,9H2,1-2H3. The third-order valence-electron chi connectivity index (χ3n) is 3.51. The Labute approximate surface area is 132 Å². The Morgan fingerprint density at radius 3 is 2.79 bits per heavy atom. The zero-order chi connectivity index (χ0) is 13.8. The van der Waals surface area contributed by atoms with E-state index in [2.05, 4.69) is 69.2 Å². The molecule has 2 rings (SSSR count). The van der Waals surface area contributed by atoms with E-state index in [4.69, 9.17) is 4.74 Å². The fourth-order valence-electron chi connectivity index (χ4n) is 2.50. The first kappa shape index (κ1) is 15.5. The Morgan fingerprint density at radius 2 is 2.11 bits per heavy atom. The average molecular weight is 391 g/mol. The molecule has 4 heteroatoms. The zero-order valence-electron chi connectivity index (χ0n) is 11.5. The van der Waals surface area contributed by atoms with Crippen LogP contribution in [-0.2, 0) is 4.74 Å². The molecule has 0 spiro atoms. The average Bonchev–Trinajstić information content (AvgIpc) is 2.40. The van der Waals surface area contributed by atoms with Gasteiger partial charge in [0.15, 0.2) is 0 Å². The van der Waals surface area contributed by atoms with E-state index in [-0.39, 0.29) is 6.10 Å². The maximum absolute atomic E-state index is 6.03. The summed E-state index contributed by atoms with van der Waals surface area (Å²) in [6, 6.07) is 6.94. The lowest BCUT2D eigenvalue weighted by Crippen LogP contribution is -2.35. The van der Waals surface area contributed by atoms with Crippen molar-refractivity contribution >= 4 is 31.9 Å². The van der Waals surface area contributed by atoms with Crippen LogP contribution in [0, 0.1) is 5.92 Å². The Morgan fingerprint density at radius 1 is 1.32 bits per heavy atom. The summed E-state index contributed by atoms with van der Waals surface area (Å²) in [6.45, 7) is 6.27. The predicted molar refractivity (Wildman–Crippen MR) is 86.4 cm³/mol. The van der Waals surface area contributed by atoms with Crippen LogP contribution in [0.5, 0.6) is 0 Å². The van der Waals surface area contributed by atoms with Crippen molar-refractivity contribution in [2.75, 3.05) is 13.2 Å². The van der Waals surface area contributed by atoms with Crippen LogP contribution in [0.3, 0.4) is 0 Å². The Bertz CT molecular complexity index is 423. The molecule has 1 N–H and O–H groups in total. The molecule has 2 nitrogen and oxygen atoms in total. The second kappa shape index (κ2) is 7.21. The van der Waals surface area contributed by atoms with E-state index in [1.165, 1.54) is 18.4 Å². The Kier molecular flexibility index (Phi) is 5.87. The summed E-state index contributed by atoms with van der Waals surface area (Å²) in [7, 11) is 0. The smallest absolute Gasteiger partial charge is 0.0865 e. The normalized spacial score (nSPS) is 23.8. The summed E-state index contributed by atoms with van der Waals surface area (Å²) in [6.07, 6.45) is 2.61. The van der Waals surface area contributed by atoms with Gasteiger partial charge in [-0.15, -0.1) is 0 Å². The van der Waals surface area contributed by atoms with Crippen molar-refractivity contribution < 1.29 is 4.74 Å². The number of nitrogens with one attached hydrogen (secondary N) is 1. The molecule has 0 aromatic heterocycles. The van der Waals surface area contributed by atoms with Crippen molar-refractivity contribution in [2.24, 2.45) is 5.92 Å². The molecule has 1 aliphatic heterocycles. The molecule has 0 aliphatic carbocycles. The van der Waals surface area contributed by atoms with Gasteiger partial charge in [0.1, 0.15) is 0 Å². The number of hydrogen-bond donors (Lipinski definition) is 1. The van der Waals surface area contributed by atoms with E-state index in [9.17, 15) is 0 Å². The molecule has 0 saturated carbocycles. The molecule has 1 heterocycles. The maximum atomic E-state index is 6.03. The van der Waals surface area contributed by atoms with Crippen LogP contribution in [0.4, 0.5) is 0 Å². The van der Waals surface area contributed by atoms with Gasteiger partial charge < -0.3 is 10.1 Å². The lowest BCUT2D eigenvalue weighted by atomic mass is 9.89.